The van der Waals surface area contributed by atoms with Crippen LogP contribution in [0.2, 0.25) is 0 Å². The molecule has 5 nitrogen and oxygen atoms in total. The highest BCUT2D eigenvalue weighted by Crippen LogP contribution is 2.37. The Morgan fingerprint density at radius 2 is 1.88 bits per heavy atom. The normalized spacial score (nSPS) is 22.8. The summed E-state index contributed by atoms with van der Waals surface area (Å²) in [6.07, 6.45) is 0.116. The average Bonchev–Trinajstić information content (AvgIpc) is 2.95. The molecule has 1 saturated heterocycles. The number of halogens is 3. The van der Waals surface area contributed by atoms with Crippen molar-refractivity contribution >= 4 is 5.91 Å². The number of carbonyl (C=O) groups excluding carboxylic acids is 1. The standard InChI is InChI=1S/C17H20F3NO4/c18-17(19,20)25-13-6-4-12(5-7-13)15(22)21-10-14-11-23-16(24-14)8-2-1-3-9-16/h4-7,14H,1-3,8-11H2,(H,21,22). The van der Waals surface area contributed by atoms with E-state index in [0.717, 1.165) is 37.8 Å². The molecule has 1 atom stereocenters. The van der Waals surface area contributed by atoms with Crippen LogP contribution in [0.1, 0.15) is 42.5 Å². The fourth-order valence-electron chi connectivity index (χ4n) is 3.19. The van der Waals surface area contributed by atoms with Gasteiger partial charge in [-0.1, -0.05) is 6.42 Å². The van der Waals surface area contributed by atoms with Gasteiger partial charge in [-0.05, 0) is 37.1 Å². The van der Waals surface area contributed by atoms with E-state index in [1.807, 2.05) is 0 Å². The van der Waals surface area contributed by atoms with Crippen LogP contribution in [0, 0.1) is 0 Å². The van der Waals surface area contributed by atoms with Gasteiger partial charge in [-0.25, -0.2) is 0 Å². The van der Waals surface area contributed by atoms with Crippen LogP contribution in [-0.4, -0.2) is 37.3 Å². The Balaban J connectivity index is 1.48. The van der Waals surface area contributed by atoms with Crippen LogP contribution in [-0.2, 0) is 9.47 Å². The third-order valence-electron chi connectivity index (χ3n) is 4.37. The predicted octanol–water partition coefficient (Wildman–Crippen LogP) is 3.39. The summed E-state index contributed by atoms with van der Waals surface area (Å²) in [5, 5.41) is 2.72. The highest BCUT2D eigenvalue weighted by atomic mass is 19.4. The van der Waals surface area contributed by atoms with Gasteiger partial charge in [0.25, 0.3) is 5.91 Å². The zero-order valence-corrected chi connectivity index (χ0v) is 13.6. The lowest BCUT2D eigenvalue weighted by Crippen LogP contribution is -2.37. The van der Waals surface area contributed by atoms with E-state index in [9.17, 15) is 18.0 Å². The number of alkyl halides is 3. The fourth-order valence-corrected chi connectivity index (χ4v) is 3.19. The number of benzene rings is 1. The van der Waals surface area contributed by atoms with Crippen LogP contribution in [0.5, 0.6) is 5.75 Å². The molecule has 1 heterocycles. The number of hydrogen-bond donors (Lipinski definition) is 1. The van der Waals surface area contributed by atoms with Gasteiger partial charge >= 0.3 is 6.36 Å². The van der Waals surface area contributed by atoms with E-state index in [4.69, 9.17) is 9.47 Å². The molecule has 1 amide bonds. The molecule has 1 spiro atoms. The average molecular weight is 359 g/mol. The quantitative estimate of drug-likeness (QED) is 0.895. The maximum Gasteiger partial charge on any atom is 0.573 e. The van der Waals surface area contributed by atoms with Crippen molar-refractivity contribution in [1.82, 2.24) is 5.32 Å². The number of nitrogens with one attached hydrogen (secondary N) is 1. The minimum absolute atomic E-state index is 0.213. The lowest BCUT2D eigenvalue weighted by Gasteiger charge is -2.31. The van der Waals surface area contributed by atoms with Gasteiger partial charge in [0.05, 0.1) is 6.61 Å². The van der Waals surface area contributed by atoms with Crippen molar-refractivity contribution in [3.8, 4) is 5.75 Å². The molecule has 2 aliphatic rings. The first-order valence-electron chi connectivity index (χ1n) is 8.31. The summed E-state index contributed by atoms with van der Waals surface area (Å²) >= 11 is 0. The molecule has 3 rings (SSSR count). The van der Waals surface area contributed by atoms with Gasteiger partial charge in [0.1, 0.15) is 11.9 Å². The molecule has 138 valence electrons. The highest BCUT2D eigenvalue weighted by molar-refractivity contribution is 5.94. The van der Waals surface area contributed by atoms with Crippen LogP contribution >= 0.6 is 0 Å². The summed E-state index contributed by atoms with van der Waals surface area (Å²) in [6.45, 7) is 0.722. The van der Waals surface area contributed by atoms with Gasteiger partial charge in [0.2, 0.25) is 0 Å². The van der Waals surface area contributed by atoms with Crippen LogP contribution in [0.15, 0.2) is 24.3 Å². The second-order valence-electron chi connectivity index (χ2n) is 6.30. The molecule has 1 aromatic rings. The molecule has 1 saturated carbocycles. The van der Waals surface area contributed by atoms with Crippen LogP contribution in [0.4, 0.5) is 13.2 Å². The highest BCUT2D eigenvalue weighted by Gasteiger charge is 2.42. The third-order valence-corrected chi connectivity index (χ3v) is 4.37. The van der Waals surface area contributed by atoms with Gasteiger partial charge in [-0.2, -0.15) is 0 Å². The second-order valence-corrected chi connectivity index (χ2v) is 6.30. The zero-order valence-electron chi connectivity index (χ0n) is 13.6. The molecule has 1 aromatic carbocycles. The molecule has 0 bridgehead atoms. The van der Waals surface area contributed by atoms with Gasteiger partial charge in [-0.15, -0.1) is 13.2 Å². The summed E-state index contributed by atoms with van der Waals surface area (Å²) in [6, 6.07) is 4.78. The van der Waals surface area contributed by atoms with E-state index in [1.54, 1.807) is 0 Å². The third kappa shape index (κ3) is 4.85. The number of carbonyl (C=O) groups is 1. The Labute approximate surface area is 143 Å². The number of hydrogen-bond acceptors (Lipinski definition) is 4. The lowest BCUT2D eigenvalue weighted by molar-refractivity contribution is -0.274. The first-order valence-corrected chi connectivity index (χ1v) is 8.31. The Bertz CT molecular complexity index is 597. The van der Waals surface area contributed by atoms with Crippen molar-refractivity contribution < 1.29 is 32.2 Å². The first-order chi connectivity index (χ1) is 11.9. The Kier molecular flexibility index (Phi) is 5.19. The molecular formula is C17H20F3NO4. The largest absolute Gasteiger partial charge is 0.573 e. The smallest absolute Gasteiger partial charge is 0.406 e. The van der Waals surface area contributed by atoms with Gasteiger partial charge in [-0.3, -0.25) is 4.79 Å². The van der Waals surface area contributed by atoms with Gasteiger partial charge in [0.15, 0.2) is 5.79 Å². The van der Waals surface area contributed by atoms with E-state index < -0.39 is 12.1 Å². The van der Waals surface area contributed by atoms with Crippen molar-refractivity contribution in [2.45, 2.75) is 50.4 Å². The molecule has 1 N–H and O–H groups in total. The van der Waals surface area contributed by atoms with Crippen molar-refractivity contribution in [2.24, 2.45) is 0 Å². The fraction of sp³-hybridized carbons (Fsp3) is 0.588. The van der Waals surface area contributed by atoms with E-state index in [-0.39, 0.29) is 23.3 Å². The topological polar surface area (TPSA) is 56.8 Å². The maximum atomic E-state index is 12.1. The number of ether oxygens (including phenoxy) is 3. The molecule has 1 aliphatic carbocycles. The molecule has 0 radical (unpaired) electrons. The number of amides is 1. The summed E-state index contributed by atoms with van der Waals surface area (Å²) in [5.74, 6) is -1.24. The molecule has 0 aromatic heterocycles. The monoisotopic (exact) mass is 359 g/mol. The first kappa shape index (κ1) is 18.0. The molecule has 25 heavy (non-hydrogen) atoms. The van der Waals surface area contributed by atoms with Crippen molar-refractivity contribution in [3.63, 3.8) is 0 Å². The van der Waals surface area contributed by atoms with Gasteiger partial charge in [0, 0.05) is 24.9 Å². The lowest BCUT2D eigenvalue weighted by atomic mass is 9.94. The Morgan fingerprint density at radius 1 is 1.20 bits per heavy atom. The van der Waals surface area contributed by atoms with Crippen molar-refractivity contribution in [3.05, 3.63) is 29.8 Å². The van der Waals surface area contributed by atoms with E-state index >= 15 is 0 Å². The summed E-state index contributed by atoms with van der Waals surface area (Å²) < 4.78 is 51.9. The maximum absolute atomic E-state index is 12.1. The predicted molar refractivity (Wildman–Crippen MR) is 82.1 cm³/mol. The van der Waals surface area contributed by atoms with E-state index in [0.29, 0.717) is 13.2 Å². The molecule has 1 unspecified atom stereocenters. The molecule has 1 aliphatic heterocycles. The summed E-state index contributed by atoms with van der Waals surface area (Å²) in [7, 11) is 0. The van der Waals surface area contributed by atoms with Crippen molar-refractivity contribution in [1.29, 1.82) is 0 Å². The van der Waals surface area contributed by atoms with Gasteiger partial charge < -0.3 is 19.5 Å². The SMILES string of the molecule is O=C(NCC1COC2(CCCCC2)O1)c1ccc(OC(F)(F)F)cc1. The molecule has 8 heteroatoms. The van der Waals surface area contributed by atoms with E-state index in [1.165, 1.54) is 18.6 Å². The van der Waals surface area contributed by atoms with Crippen molar-refractivity contribution in [2.75, 3.05) is 13.2 Å². The molecular weight excluding hydrogens is 339 g/mol. The second kappa shape index (κ2) is 7.21. The van der Waals surface area contributed by atoms with Crippen LogP contribution < -0.4 is 10.1 Å². The van der Waals surface area contributed by atoms with Crippen LogP contribution in [0.25, 0.3) is 0 Å². The van der Waals surface area contributed by atoms with E-state index in [2.05, 4.69) is 10.1 Å². The van der Waals surface area contributed by atoms with Crippen LogP contribution in [0.3, 0.4) is 0 Å². The Morgan fingerprint density at radius 3 is 2.52 bits per heavy atom. The summed E-state index contributed by atoms with van der Waals surface area (Å²) in [4.78, 5) is 12.1. The zero-order chi connectivity index (χ0) is 17.9. The minimum Gasteiger partial charge on any atom is -0.406 e. The number of rotatable bonds is 4. The minimum atomic E-state index is -4.75. The summed E-state index contributed by atoms with van der Waals surface area (Å²) in [5.41, 5.74) is 0.251. The Hall–Kier alpha value is -1.80. The molecule has 2 fully saturated rings.